The molecule has 0 bridgehead atoms. The molecule has 1 amide bonds. The summed E-state index contributed by atoms with van der Waals surface area (Å²) in [6, 6.07) is 0.737. The van der Waals surface area contributed by atoms with Gasteiger partial charge in [0.2, 0.25) is 0 Å². The van der Waals surface area contributed by atoms with Crippen molar-refractivity contribution in [2.45, 2.75) is 25.3 Å². The Kier molecular flexibility index (Phi) is 3.45. The molecule has 4 nitrogen and oxygen atoms in total. The Morgan fingerprint density at radius 3 is 2.15 bits per heavy atom. The number of carbonyl (C=O) groups is 2. The number of hydrogen-bond acceptors (Lipinski definition) is 2. The van der Waals surface area contributed by atoms with Gasteiger partial charge in [-0.25, -0.2) is 18.0 Å². The fourth-order valence-electron chi connectivity index (χ4n) is 2.05. The highest BCUT2D eigenvalue weighted by atomic mass is 19.1. The van der Waals surface area contributed by atoms with Crippen LogP contribution in [0.25, 0.3) is 0 Å². The van der Waals surface area contributed by atoms with Crippen LogP contribution in [-0.2, 0) is 4.79 Å². The third kappa shape index (κ3) is 2.48. The highest BCUT2D eigenvalue weighted by Gasteiger charge is 2.49. The van der Waals surface area contributed by atoms with Crippen molar-refractivity contribution in [2.75, 3.05) is 0 Å². The number of carboxylic acids is 1. The fourth-order valence-corrected chi connectivity index (χ4v) is 2.05. The number of hydrogen-bond donors (Lipinski definition) is 2. The Labute approximate surface area is 112 Å². The molecule has 108 valence electrons. The lowest BCUT2D eigenvalue weighted by atomic mass is 9.95. The van der Waals surface area contributed by atoms with E-state index in [0.717, 1.165) is 0 Å². The van der Waals surface area contributed by atoms with Crippen molar-refractivity contribution < 1.29 is 27.9 Å². The summed E-state index contributed by atoms with van der Waals surface area (Å²) in [4.78, 5) is 23.1. The molecule has 0 heterocycles. The van der Waals surface area contributed by atoms with Crippen LogP contribution in [0.4, 0.5) is 13.2 Å². The first-order valence-corrected chi connectivity index (χ1v) is 5.96. The number of rotatable bonds is 4. The normalized spacial score (nSPS) is 17.4. The Balaban J connectivity index is 2.31. The number of amides is 1. The average molecular weight is 287 g/mol. The second-order valence-electron chi connectivity index (χ2n) is 4.98. The predicted molar refractivity (Wildman–Crippen MR) is 62.5 cm³/mol. The zero-order chi connectivity index (χ0) is 15.1. The van der Waals surface area contributed by atoms with Crippen molar-refractivity contribution in [3.05, 3.63) is 35.1 Å². The van der Waals surface area contributed by atoms with Gasteiger partial charge in [0.15, 0.2) is 0 Å². The van der Waals surface area contributed by atoms with Gasteiger partial charge in [0.25, 0.3) is 5.91 Å². The van der Waals surface area contributed by atoms with Crippen LogP contribution < -0.4 is 5.32 Å². The van der Waals surface area contributed by atoms with Gasteiger partial charge in [-0.1, -0.05) is 0 Å². The summed E-state index contributed by atoms with van der Waals surface area (Å²) in [6.07, 6.45) is 1.22. The minimum atomic E-state index is -1.59. The summed E-state index contributed by atoms with van der Waals surface area (Å²) >= 11 is 0. The zero-order valence-corrected chi connectivity index (χ0v) is 10.5. The first kappa shape index (κ1) is 14.4. The molecule has 1 aromatic rings. The van der Waals surface area contributed by atoms with E-state index in [2.05, 4.69) is 5.32 Å². The summed E-state index contributed by atoms with van der Waals surface area (Å²) in [5.41, 5.74) is -2.58. The molecule has 7 heteroatoms. The van der Waals surface area contributed by atoms with Crippen LogP contribution in [0.15, 0.2) is 12.1 Å². The molecular formula is C13H12F3NO3. The molecule has 1 aromatic carbocycles. The largest absolute Gasteiger partial charge is 0.480 e. The van der Waals surface area contributed by atoms with Gasteiger partial charge in [-0.15, -0.1) is 0 Å². The van der Waals surface area contributed by atoms with Crippen LogP contribution in [0.2, 0.25) is 0 Å². The molecule has 0 aromatic heterocycles. The summed E-state index contributed by atoms with van der Waals surface area (Å²) in [6.45, 7) is 1.28. The first-order chi connectivity index (χ1) is 9.25. The van der Waals surface area contributed by atoms with Gasteiger partial charge < -0.3 is 10.4 Å². The molecular weight excluding hydrogens is 275 g/mol. The summed E-state index contributed by atoms with van der Waals surface area (Å²) in [7, 11) is 0. The average Bonchev–Trinajstić information content (AvgIpc) is 3.10. The highest BCUT2D eigenvalue weighted by molar-refractivity contribution is 5.98. The molecule has 1 unspecified atom stereocenters. The monoisotopic (exact) mass is 287 g/mol. The van der Waals surface area contributed by atoms with Crippen LogP contribution in [0, 0.1) is 23.4 Å². The lowest BCUT2D eigenvalue weighted by Gasteiger charge is -2.26. The molecule has 1 fully saturated rings. The van der Waals surface area contributed by atoms with E-state index in [1.807, 2.05) is 0 Å². The molecule has 0 spiro atoms. The number of halogens is 3. The number of carboxylic acid groups (broad SMARTS) is 1. The number of carbonyl (C=O) groups excluding carboxylic acids is 1. The third-order valence-electron chi connectivity index (χ3n) is 3.45. The Morgan fingerprint density at radius 2 is 1.75 bits per heavy atom. The molecule has 1 aliphatic carbocycles. The van der Waals surface area contributed by atoms with Crippen molar-refractivity contribution in [1.29, 1.82) is 0 Å². The molecule has 1 saturated carbocycles. The van der Waals surface area contributed by atoms with Crippen LogP contribution >= 0.6 is 0 Å². The summed E-state index contributed by atoms with van der Waals surface area (Å²) in [5.74, 6) is -6.67. The third-order valence-corrected chi connectivity index (χ3v) is 3.45. The second-order valence-corrected chi connectivity index (χ2v) is 4.98. The van der Waals surface area contributed by atoms with Crippen molar-refractivity contribution in [3.8, 4) is 0 Å². The Bertz CT molecular complexity index is 563. The van der Waals surface area contributed by atoms with Gasteiger partial charge in [-0.3, -0.25) is 4.79 Å². The van der Waals surface area contributed by atoms with Crippen molar-refractivity contribution >= 4 is 11.9 Å². The van der Waals surface area contributed by atoms with Crippen LogP contribution in [0.1, 0.15) is 30.1 Å². The molecule has 20 heavy (non-hydrogen) atoms. The van der Waals surface area contributed by atoms with E-state index in [9.17, 15) is 22.8 Å². The fraction of sp³-hybridized carbons (Fsp3) is 0.385. The molecule has 0 radical (unpaired) electrons. The van der Waals surface area contributed by atoms with Gasteiger partial charge >= 0.3 is 5.97 Å². The van der Waals surface area contributed by atoms with Gasteiger partial charge in [0.1, 0.15) is 28.6 Å². The number of benzene rings is 1. The van der Waals surface area contributed by atoms with Gasteiger partial charge in [0, 0.05) is 12.1 Å². The number of aliphatic carboxylic acids is 1. The lowest BCUT2D eigenvalue weighted by molar-refractivity contribution is -0.144. The summed E-state index contributed by atoms with van der Waals surface area (Å²) in [5, 5.41) is 11.3. The summed E-state index contributed by atoms with van der Waals surface area (Å²) < 4.78 is 39.7. The molecule has 1 aliphatic rings. The maximum Gasteiger partial charge on any atom is 0.329 e. The van der Waals surface area contributed by atoms with Gasteiger partial charge in [-0.05, 0) is 25.7 Å². The second kappa shape index (κ2) is 4.81. The molecule has 0 aliphatic heterocycles. The maximum absolute atomic E-state index is 13.5. The predicted octanol–water partition coefficient (Wildman–Crippen LogP) is 2.09. The molecule has 2 rings (SSSR count). The highest BCUT2D eigenvalue weighted by Crippen LogP contribution is 2.40. The minimum Gasteiger partial charge on any atom is -0.480 e. The molecule has 2 N–H and O–H groups in total. The van der Waals surface area contributed by atoms with Crippen molar-refractivity contribution in [2.24, 2.45) is 5.92 Å². The SMILES string of the molecule is CC(NC(=O)c1c(F)cc(F)cc1F)(C(=O)O)C1CC1. The standard InChI is InChI=1S/C13H12F3NO3/c1-13(12(19)20,6-2-3-6)17-11(18)10-8(15)4-7(14)5-9(10)16/h4-6H,2-3H2,1H3,(H,17,18)(H,19,20). The van der Waals surface area contributed by atoms with E-state index < -0.39 is 40.4 Å². The Morgan fingerprint density at radius 1 is 1.25 bits per heavy atom. The van der Waals surface area contributed by atoms with Crippen LogP contribution in [0.5, 0.6) is 0 Å². The van der Waals surface area contributed by atoms with E-state index in [4.69, 9.17) is 5.11 Å². The Hall–Kier alpha value is -2.05. The van der Waals surface area contributed by atoms with Crippen LogP contribution in [-0.4, -0.2) is 22.5 Å². The van der Waals surface area contributed by atoms with E-state index in [0.29, 0.717) is 25.0 Å². The molecule has 0 saturated heterocycles. The maximum atomic E-state index is 13.5. The van der Waals surface area contributed by atoms with Gasteiger partial charge in [0.05, 0.1) is 0 Å². The first-order valence-electron chi connectivity index (χ1n) is 5.96. The number of nitrogens with one attached hydrogen (secondary N) is 1. The van der Waals surface area contributed by atoms with Crippen molar-refractivity contribution in [3.63, 3.8) is 0 Å². The van der Waals surface area contributed by atoms with E-state index >= 15 is 0 Å². The topological polar surface area (TPSA) is 66.4 Å². The van der Waals surface area contributed by atoms with Gasteiger partial charge in [-0.2, -0.15) is 0 Å². The smallest absolute Gasteiger partial charge is 0.329 e. The van der Waals surface area contributed by atoms with Crippen LogP contribution in [0.3, 0.4) is 0 Å². The zero-order valence-electron chi connectivity index (χ0n) is 10.5. The minimum absolute atomic E-state index is 0.282. The van der Waals surface area contributed by atoms with E-state index in [1.165, 1.54) is 6.92 Å². The molecule has 1 atom stereocenters. The van der Waals surface area contributed by atoms with E-state index in [1.54, 1.807) is 0 Å². The van der Waals surface area contributed by atoms with E-state index in [-0.39, 0.29) is 5.92 Å². The quantitative estimate of drug-likeness (QED) is 0.891. The lowest BCUT2D eigenvalue weighted by Crippen LogP contribution is -2.54. The van der Waals surface area contributed by atoms with Crippen molar-refractivity contribution in [1.82, 2.24) is 5.32 Å².